The van der Waals surface area contributed by atoms with Crippen LogP contribution in [0.15, 0.2) is 174 Å². The van der Waals surface area contributed by atoms with E-state index in [-0.39, 0.29) is 20.6 Å². The third-order valence-electron chi connectivity index (χ3n) is 6.83. The summed E-state index contributed by atoms with van der Waals surface area (Å²) < 4.78 is 0. The van der Waals surface area contributed by atoms with Crippen molar-refractivity contribution in [1.82, 2.24) is 9.97 Å². The molecule has 0 spiro atoms. The van der Waals surface area contributed by atoms with E-state index in [0.29, 0.717) is 0 Å². The van der Waals surface area contributed by atoms with Gasteiger partial charge in [0.15, 0.2) is 0 Å². The summed E-state index contributed by atoms with van der Waals surface area (Å²) in [6, 6.07) is 52.4. The Bertz CT molecular complexity index is 1770. The first-order valence-electron chi connectivity index (χ1n) is 14.4. The van der Waals surface area contributed by atoms with Crippen LogP contribution in [0.1, 0.15) is 11.4 Å². The molecule has 9 heteroatoms. The molecule has 0 saturated heterocycles. The van der Waals surface area contributed by atoms with Gasteiger partial charge in [0.1, 0.15) is 0 Å². The molecule has 0 aliphatic heterocycles. The van der Waals surface area contributed by atoms with Gasteiger partial charge in [-0.2, -0.15) is 0 Å². The third-order valence-corrected chi connectivity index (χ3v) is 9.28. The van der Waals surface area contributed by atoms with Crippen molar-refractivity contribution in [2.45, 2.75) is 0 Å². The number of aliphatic imine (C=N–C) groups is 2. The minimum atomic E-state index is -0.446. The van der Waals surface area contributed by atoms with Crippen molar-refractivity contribution in [2.24, 2.45) is 9.98 Å². The van der Waals surface area contributed by atoms with Crippen LogP contribution in [0, 0.1) is 0 Å². The molecule has 0 unspecified atom stereocenters. The second kappa shape index (κ2) is 19.5. The fourth-order valence-electron chi connectivity index (χ4n) is 4.82. The second-order valence-electron chi connectivity index (χ2n) is 9.81. The van der Waals surface area contributed by atoms with Crippen molar-refractivity contribution in [3.8, 4) is 0 Å². The number of aromatic nitrogens is 2. The Labute approximate surface area is 292 Å². The van der Waals surface area contributed by atoms with E-state index in [1.807, 2.05) is 73.4 Å². The van der Waals surface area contributed by atoms with E-state index in [4.69, 9.17) is 19.4 Å². The van der Waals surface area contributed by atoms with Gasteiger partial charge in [-0.1, -0.05) is 115 Å². The zero-order valence-electron chi connectivity index (χ0n) is 25.2. The van der Waals surface area contributed by atoms with Gasteiger partial charge in [0, 0.05) is 17.8 Å². The number of halogens is 2. The number of hydrogen-bond donors (Lipinski definition) is 2. The molecule has 7 aromatic rings. The first-order valence-corrected chi connectivity index (χ1v) is 20.3. The molecule has 5 nitrogen and oxygen atoms in total. The van der Waals surface area contributed by atoms with Gasteiger partial charge in [-0.15, -0.1) is 0 Å². The number of benzene rings is 5. The standard InChI is InChI=1S/C20H16N4.C18H15P.2ClH.H2O.Ru/c1-5-15-6-2-10-19(24-14-17-8-4-12-22-17)20(15)18(9-1)23-13-16-7-3-11-21-16;1-4-10-16(11-5-1)19(17-12-6-2-7-13-17)18-14-8-3-9-15-18;;;;/h1-14,21-22H;1-15H;2*1H;1H2;/q;;;;;+2/p-2. The smallest absolute Gasteiger partial charge is 0.0134 e. The van der Waals surface area contributed by atoms with Crippen molar-refractivity contribution in [2.75, 3.05) is 0 Å². The normalized spacial score (nSPS) is 10.8. The van der Waals surface area contributed by atoms with E-state index >= 15 is 0 Å². The first kappa shape index (κ1) is 35.7. The molecule has 0 aliphatic carbocycles. The summed E-state index contributed by atoms with van der Waals surface area (Å²) in [5.41, 5.74) is 3.75. The van der Waals surface area contributed by atoms with Crippen molar-refractivity contribution in [3.05, 3.63) is 175 Å². The Morgan fingerprint density at radius 2 is 0.872 bits per heavy atom. The summed E-state index contributed by atoms with van der Waals surface area (Å²) in [5.74, 6) is 0. The minimum Gasteiger partial charge on any atom is -0.0622 e. The molecule has 0 bridgehead atoms. The van der Waals surface area contributed by atoms with Crippen molar-refractivity contribution >= 4 is 77.8 Å². The molecule has 2 aromatic heterocycles. The summed E-state index contributed by atoms with van der Waals surface area (Å²) in [6.45, 7) is 0. The molecule has 0 amide bonds. The maximum Gasteiger partial charge on any atom is -0.0134 e. The van der Waals surface area contributed by atoms with E-state index in [1.165, 1.54) is 15.9 Å². The van der Waals surface area contributed by atoms with Crippen LogP contribution in [0.5, 0.6) is 0 Å². The topological polar surface area (TPSA) is 87.8 Å². The number of hydrogen-bond acceptors (Lipinski definition) is 2. The summed E-state index contributed by atoms with van der Waals surface area (Å²) in [6.07, 6.45) is 7.44. The summed E-state index contributed by atoms with van der Waals surface area (Å²) >= 11 is -0.346. The Morgan fingerprint density at radius 3 is 1.21 bits per heavy atom. The van der Waals surface area contributed by atoms with Crippen molar-refractivity contribution < 1.29 is 20.6 Å². The number of nitrogens with zero attached hydrogens (tertiary/aromatic N) is 2. The van der Waals surface area contributed by atoms with Crippen molar-refractivity contribution in [1.29, 1.82) is 0 Å². The van der Waals surface area contributed by atoms with E-state index in [1.54, 1.807) is 0 Å². The van der Waals surface area contributed by atoms with E-state index in [2.05, 4.69) is 123 Å². The number of H-pyrrole nitrogens is 2. The van der Waals surface area contributed by atoms with Gasteiger partial charge in [-0.05, 0) is 65.6 Å². The third kappa shape index (κ3) is 10.4. The molecule has 2 heterocycles. The molecule has 4 N–H and O–H groups in total. The van der Waals surface area contributed by atoms with Gasteiger partial charge >= 0.3 is 34.5 Å². The van der Waals surface area contributed by atoms with Gasteiger partial charge in [0.05, 0.1) is 35.2 Å². The fraction of sp³-hybridized carbons (Fsp3) is 0. The monoisotopic (exact) mass is 764 g/mol. The van der Waals surface area contributed by atoms with Crippen LogP contribution in [0.25, 0.3) is 10.8 Å². The Balaban J connectivity index is 0.000000197. The number of nitrogens with one attached hydrogen (secondary N) is 2. The fourth-order valence-corrected chi connectivity index (χ4v) is 7.13. The molecule has 7 rings (SSSR count). The quantitative estimate of drug-likeness (QED) is 0.0923. The first-order chi connectivity index (χ1) is 22.8. The number of aromatic amines is 2. The Hall–Kier alpha value is -4.15. The summed E-state index contributed by atoms with van der Waals surface area (Å²) in [4.78, 5) is 15.6. The Morgan fingerprint density at radius 1 is 0.489 bits per heavy atom. The largest absolute Gasteiger partial charge is 0.0622 e. The van der Waals surface area contributed by atoms with Crippen LogP contribution in [-0.2, 0) is 15.1 Å². The van der Waals surface area contributed by atoms with Crippen LogP contribution < -0.4 is 15.9 Å². The van der Waals surface area contributed by atoms with Gasteiger partial charge in [0.2, 0.25) is 0 Å². The maximum absolute atomic E-state index is 4.85. The summed E-state index contributed by atoms with van der Waals surface area (Å²) in [5, 5.41) is 6.36. The second-order valence-corrected chi connectivity index (χ2v) is 14.7. The van der Waals surface area contributed by atoms with Gasteiger partial charge in [0.25, 0.3) is 0 Å². The number of rotatable bonds is 7. The summed E-state index contributed by atoms with van der Waals surface area (Å²) in [7, 11) is 9.26. The zero-order valence-corrected chi connectivity index (χ0v) is 29.3. The molecule has 0 atom stereocenters. The molecule has 5 aromatic carbocycles. The molecular formula is C38H33Cl2N4OPRu. The van der Waals surface area contributed by atoms with Crippen LogP contribution in [0.2, 0.25) is 0 Å². The van der Waals surface area contributed by atoms with Crippen LogP contribution in [-0.4, -0.2) is 27.9 Å². The Kier molecular flexibility index (Phi) is 14.8. The van der Waals surface area contributed by atoms with E-state index in [0.717, 1.165) is 33.5 Å². The van der Waals surface area contributed by atoms with Crippen LogP contribution in [0.4, 0.5) is 11.4 Å². The molecule has 0 aliphatic rings. The van der Waals surface area contributed by atoms with E-state index in [9.17, 15) is 0 Å². The maximum atomic E-state index is 4.85. The zero-order chi connectivity index (χ0) is 31.8. The molecule has 0 fully saturated rings. The predicted molar refractivity (Wildman–Crippen MR) is 201 cm³/mol. The van der Waals surface area contributed by atoms with Crippen LogP contribution in [0.3, 0.4) is 0 Å². The average Bonchev–Trinajstić information content (AvgIpc) is 3.84. The van der Waals surface area contributed by atoms with Crippen LogP contribution >= 0.6 is 27.3 Å². The average molecular weight is 765 g/mol. The SMILES string of the molecule is C(=Nc1cccc2cccc(N=Cc3ccc[nH]3)c12)c1ccc[nH]1.O.[Cl][Ru][Cl].c1ccc(P(c2ccccc2)c2ccccc2)cc1. The molecule has 238 valence electrons. The predicted octanol–water partition coefficient (Wildman–Crippen LogP) is 8.99. The molecule has 0 radical (unpaired) electrons. The van der Waals surface area contributed by atoms with Crippen molar-refractivity contribution in [3.63, 3.8) is 0 Å². The van der Waals surface area contributed by atoms with Gasteiger partial charge < -0.3 is 15.4 Å². The molecule has 47 heavy (non-hydrogen) atoms. The van der Waals surface area contributed by atoms with Gasteiger partial charge in [-0.25, -0.2) is 0 Å². The minimum absolute atomic E-state index is 0. The van der Waals surface area contributed by atoms with E-state index < -0.39 is 7.92 Å². The molecule has 0 saturated carbocycles. The number of fused-ring (bicyclic) bond motifs is 1. The van der Waals surface area contributed by atoms with Gasteiger partial charge in [-0.3, -0.25) is 9.98 Å². The molecular weight excluding hydrogens is 731 g/mol.